The third kappa shape index (κ3) is 2.06. The van der Waals surface area contributed by atoms with Crippen LogP contribution < -0.4 is 4.74 Å². The number of carbonyl (C=O) groups is 1. The van der Waals surface area contributed by atoms with Crippen LogP contribution in [0.25, 0.3) is 0 Å². The Morgan fingerprint density at radius 1 is 1.38 bits per heavy atom. The summed E-state index contributed by atoms with van der Waals surface area (Å²) in [7, 11) is 1.58. The number of ether oxygens (including phenoxy) is 2. The number of hydrogen-bond acceptors (Lipinski definition) is 4. The first-order valence-corrected chi connectivity index (χ1v) is 4.91. The van der Waals surface area contributed by atoms with Crippen LogP contribution in [0, 0.1) is 0 Å². The van der Waals surface area contributed by atoms with Gasteiger partial charge in [0, 0.05) is 6.08 Å². The summed E-state index contributed by atoms with van der Waals surface area (Å²) in [6.45, 7) is 0. The highest BCUT2D eigenvalue weighted by atomic mass is 16.6. The van der Waals surface area contributed by atoms with Crippen LogP contribution in [0.4, 0.5) is 0 Å². The number of rotatable bonds is 3. The summed E-state index contributed by atoms with van der Waals surface area (Å²) in [4.78, 5) is 10.8. The normalized spacial score (nSPS) is 20.6. The number of hydrogen-bond donors (Lipinski definition) is 1. The van der Waals surface area contributed by atoms with E-state index in [-0.39, 0.29) is 0 Å². The average molecular weight is 220 g/mol. The minimum atomic E-state index is -0.839. The molecule has 1 aliphatic rings. The van der Waals surface area contributed by atoms with Gasteiger partial charge in [0.1, 0.15) is 11.9 Å². The van der Waals surface area contributed by atoms with Crippen molar-refractivity contribution in [1.82, 2.24) is 0 Å². The second-order valence-electron chi connectivity index (χ2n) is 3.48. The SMILES string of the molecule is COc1ccc([C@H](O)[C@@H]2C=CC(=O)O2)cc1. The van der Waals surface area contributed by atoms with Gasteiger partial charge in [0.05, 0.1) is 7.11 Å². The Hall–Kier alpha value is -1.81. The first-order chi connectivity index (χ1) is 7.70. The van der Waals surface area contributed by atoms with E-state index in [4.69, 9.17) is 9.47 Å². The van der Waals surface area contributed by atoms with Crippen LogP contribution >= 0.6 is 0 Å². The molecule has 1 aromatic rings. The second-order valence-corrected chi connectivity index (χ2v) is 3.48. The molecule has 4 nitrogen and oxygen atoms in total. The molecule has 0 saturated carbocycles. The Morgan fingerprint density at radius 3 is 2.56 bits per heavy atom. The van der Waals surface area contributed by atoms with Crippen molar-refractivity contribution in [2.45, 2.75) is 12.2 Å². The molecule has 0 aromatic heterocycles. The maximum atomic E-state index is 10.8. The summed E-state index contributed by atoms with van der Waals surface area (Å²) in [6, 6.07) is 6.98. The van der Waals surface area contributed by atoms with E-state index < -0.39 is 18.2 Å². The Morgan fingerprint density at radius 2 is 2.06 bits per heavy atom. The van der Waals surface area contributed by atoms with E-state index in [9.17, 15) is 9.90 Å². The number of cyclic esters (lactones) is 1. The van der Waals surface area contributed by atoms with Gasteiger partial charge in [0.15, 0.2) is 6.10 Å². The van der Waals surface area contributed by atoms with Crippen molar-refractivity contribution in [2.24, 2.45) is 0 Å². The Labute approximate surface area is 93.1 Å². The number of carbonyl (C=O) groups excluding carboxylic acids is 1. The third-order valence-corrected chi connectivity index (χ3v) is 2.44. The van der Waals surface area contributed by atoms with Crippen molar-refractivity contribution < 1.29 is 19.4 Å². The van der Waals surface area contributed by atoms with Crippen LogP contribution in [0.5, 0.6) is 5.75 Å². The average Bonchev–Trinajstić information content (AvgIpc) is 2.75. The standard InChI is InChI=1S/C12H12O4/c1-15-9-4-2-8(3-5-9)12(14)10-6-7-11(13)16-10/h2-7,10,12,14H,1H3/t10-,12-/m0/s1. The van der Waals surface area contributed by atoms with Gasteiger partial charge in [-0.2, -0.15) is 0 Å². The Balaban J connectivity index is 2.11. The van der Waals surface area contributed by atoms with E-state index in [1.54, 1.807) is 37.5 Å². The molecule has 84 valence electrons. The lowest BCUT2D eigenvalue weighted by molar-refractivity contribution is -0.142. The maximum absolute atomic E-state index is 10.8. The van der Waals surface area contributed by atoms with Gasteiger partial charge < -0.3 is 14.6 Å². The lowest BCUT2D eigenvalue weighted by Gasteiger charge is -2.16. The molecule has 1 aliphatic heterocycles. The third-order valence-electron chi connectivity index (χ3n) is 2.44. The quantitative estimate of drug-likeness (QED) is 0.778. The minimum Gasteiger partial charge on any atom is -0.497 e. The molecular weight excluding hydrogens is 208 g/mol. The first kappa shape index (κ1) is 10.7. The largest absolute Gasteiger partial charge is 0.497 e. The van der Waals surface area contributed by atoms with Gasteiger partial charge >= 0.3 is 5.97 Å². The fraction of sp³-hybridized carbons (Fsp3) is 0.250. The van der Waals surface area contributed by atoms with Crippen molar-refractivity contribution in [3.8, 4) is 5.75 Å². The van der Waals surface area contributed by atoms with Gasteiger partial charge in [-0.1, -0.05) is 12.1 Å². The van der Waals surface area contributed by atoms with Gasteiger partial charge in [0.2, 0.25) is 0 Å². The highest BCUT2D eigenvalue weighted by Crippen LogP contribution is 2.24. The molecule has 0 radical (unpaired) electrons. The van der Waals surface area contributed by atoms with Crippen LogP contribution in [0.1, 0.15) is 11.7 Å². The molecule has 0 aliphatic carbocycles. The van der Waals surface area contributed by atoms with Gasteiger partial charge in [0.25, 0.3) is 0 Å². The van der Waals surface area contributed by atoms with E-state index in [0.717, 1.165) is 5.75 Å². The summed E-state index contributed by atoms with van der Waals surface area (Å²) in [6.07, 6.45) is 1.43. The van der Waals surface area contributed by atoms with Crippen molar-refractivity contribution >= 4 is 5.97 Å². The highest BCUT2D eigenvalue weighted by molar-refractivity contribution is 5.84. The lowest BCUT2D eigenvalue weighted by Crippen LogP contribution is -2.18. The molecule has 4 heteroatoms. The van der Waals surface area contributed by atoms with E-state index in [0.29, 0.717) is 5.56 Å². The van der Waals surface area contributed by atoms with E-state index in [1.807, 2.05) is 0 Å². The molecule has 0 amide bonds. The van der Waals surface area contributed by atoms with Crippen molar-refractivity contribution in [1.29, 1.82) is 0 Å². The molecule has 1 heterocycles. The van der Waals surface area contributed by atoms with E-state index in [2.05, 4.69) is 0 Å². The molecule has 0 spiro atoms. The number of esters is 1. The minimum absolute atomic E-state index is 0.419. The fourth-order valence-electron chi connectivity index (χ4n) is 1.55. The zero-order valence-electron chi connectivity index (χ0n) is 8.79. The smallest absolute Gasteiger partial charge is 0.331 e. The van der Waals surface area contributed by atoms with E-state index >= 15 is 0 Å². The maximum Gasteiger partial charge on any atom is 0.331 e. The monoisotopic (exact) mass is 220 g/mol. The molecule has 0 bridgehead atoms. The number of methoxy groups -OCH3 is 1. The highest BCUT2D eigenvalue weighted by Gasteiger charge is 2.25. The molecule has 0 unspecified atom stereocenters. The molecule has 2 atom stereocenters. The van der Waals surface area contributed by atoms with Crippen LogP contribution in [0.2, 0.25) is 0 Å². The summed E-state index contributed by atoms with van der Waals surface area (Å²) < 4.78 is 9.91. The topological polar surface area (TPSA) is 55.8 Å². The second kappa shape index (κ2) is 4.37. The summed E-state index contributed by atoms with van der Waals surface area (Å²) in [5, 5.41) is 9.93. The van der Waals surface area contributed by atoms with Crippen molar-refractivity contribution in [3.63, 3.8) is 0 Å². The van der Waals surface area contributed by atoms with Gasteiger partial charge in [-0.05, 0) is 23.8 Å². The summed E-state index contributed by atoms with van der Waals surface area (Å²) in [5.41, 5.74) is 0.685. The van der Waals surface area contributed by atoms with Gasteiger partial charge in [-0.3, -0.25) is 0 Å². The predicted octanol–water partition coefficient (Wildman–Crippen LogP) is 1.21. The molecule has 16 heavy (non-hydrogen) atoms. The molecule has 2 rings (SSSR count). The van der Waals surface area contributed by atoms with Crippen LogP contribution in [-0.4, -0.2) is 24.3 Å². The molecule has 1 aromatic carbocycles. The fourth-order valence-corrected chi connectivity index (χ4v) is 1.55. The Bertz CT molecular complexity index is 408. The molecule has 0 saturated heterocycles. The first-order valence-electron chi connectivity index (χ1n) is 4.91. The van der Waals surface area contributed by atoms with Crippen LogP contribution in [-0.2, 0) is 9.53 Å². The number of benzene rings is 1. The van der Waals surface area contributed by atoms with Gasteiger partial charge in [-0.15, -0.1) is 0 Å². The predicted molar refractivity (Wildman–Crippen MR) is 57.0 cm³/mol. The molecule has 1 N–H and O–H groups in total. The van der Waals surface area contributed by atoms with Crippen LogP contribution in [0.15, 0.2) is 36.4 Å². The van der Waals surface area contributed by atoms with Crippen molar-refractivity contribution in [3.05, 3.63) is 42.0 Å². The van der Waals surface area contributed by atoms with E-state index in [1.165, 1.54) is 6.08 Å². The summed E-state index contributed by atoms with van der Waals surface area (Å²) >= 11 is 0. The Kier molecular flexibility index (Phi) is 2.92. The zero-order chi connectivity index (χ0) is 11.5. The molecular formula is C12H12O4. The number of aliphatic hydroxyl groups is 1. The van der Waals surface area contributed by atoms with Crippen molar-refractivity contribution in [2.75, 3.05) is 7.11 Å². The molecule has 0 fully saturated rings. The number of aliphatic hydroxyl groups excluding tert-OH is 1. The summed E-state index contributed by atoms with van der Waals surface area (Å²) in [5.74, 6) is 0.299. The zero-order valence-corrected chi connectivity index (χ0v) is 8.79. The lowest BCUT2D eigenvalue weighted by atomic mass is 10.0. The van der Waals surface area contributed by atoms with Crippen LogP contribution in [0.3, 0.4) is 0 Å². The van der Waals surface area contributed by atoms with Gasteiger partial charge in [-0.25, -0.2) is 4.79 Å².